The van der Waals surface area contributed by atoms with Gasteiger partial charge in [-0.2, -0.15) is 0 Å². The molecule has 8 heteroatoms. The number of carbonyl (C=O) groups is 1. The first-order valence-corrected chi connectivity index (χ1v) is 8.72. The molecule has 0 bridgehead atoms. The van der Waals surface area contributed by atoms with Gasteiger partial charge in [-0.05, 0) is 28.1 Å². The molecule has 0 aliphatic carbocycles. The maximum Gasteiger partial charge on any atom is 0.219 e. The van der Waals surface area contributed by atoms with Crippen molar-refractivity contribution in [1.82, 2.24) is 4.90 Å². The van der Waals surface area contributed by atoms with Gasteiger partial charge in [0.1, 0.15) is 5.82 Å². The van der Waals surface area contributed by atoms with Crippen molar-refractivity contribution in [2.75, 3.05) is 48.8 Å². The van der Waals surface area contributed by atoms with Gasteiger partial charge in [0, 0.05) is 49.8 Å². The van der Waals surface area contributed by atoms with Crippen LogP contribution in [0.1, 0.15) is 6.92 Å². The van der Waals surface area contributed by atoms with E-state index in [9.17, 15) is 14.3 Å². The molecule has 2 rings (SSSR count). The first-order chi connectivity index (χ1) is 10.9. The molecule has 1 saturated heterocycles. The van der Waals surface area contributed by atoms with Crippen LogP contribution >= 0.6 is 27.5 Å². The van der Waals surface area contributed by atoms with Crippen molar-refractivity contribution in [1.29, 1.82) is 0 Å². The summed E-state index contributed by atoms with van der Waals surface area (Å²) in [6.07, 6.45) is -0.683. The van der Waals surface area contributed by atoms with Crippen LogP contribution in [-0.4, -0.2) is 60.6 Å². The van der Waals surface area contributed by atoms with E-state index < -0.39 is 6.10 Å². The Balaban J connectivity index is 2.07. The molecular formula is C15H20BrClFN3O2. The van der Waals surface area contributed by atoms with Gasteiger partial charge in [0.25, 0.3) is 0 Å². The lowest BCUT2D eigenvalue weighted by molar-refractivity contribution is -0.129. The van der Waals surface area contributed by atoms with E-state index in [-0.39, 0.29) is 24.1 Å². The molecule has 1 amide bonds. The van der Waals surface area contributed by atoms with Crippen LogP contribution in [0.2, 0.25) is 0 Å². The second-order valence-corrected chi connectivity index (χ2v) is 6.63. The fourth-order valence-electron chi connectivity index (χ4n) is 2.50. The Kier molecular flexibility index (Phi) is 6.50. The summed E-state index contributed by atoms with van der Waals surface area (Å²) in [5, 5.41) is 12.4. The number of amides is 1. The zero-order chi connectivity index (χ0) is 17.0. The fourth-order valence-corrected chi connectivity index (χ4v) is 3.30. The number of nitrogens with zero attached hydrogens (tertiary/aromatic N) is 2. The molecule has 0 radical (unpaired) electrons. The number of hydrogen-bond acceptors (Lipinski definition) is 4. The number of anilines is 2. The summed E-state index contributed by atoms with van der Waals surface area (Å²) in [5.41, 5.74) is 1.07. The molecule has 0 spiro atoms. The van der Waals surface area contributed by atoms with Gasteiger partial charge < -0.3 is 20.2 Å². The van der Waals surface area contributed by atoms with Crippen LogP contribution in [0.25, 0.3) is 0 Å². The van der Waals surface area contributed by atoms with Gasteiger partial charge >= 0.3 is 0 Å². The summed E-state index contributed by atoms with van der Waals surface area (Å²) in [5.74, 6) is -0.185. The van der Waals surface area contributed by atoms with E-state index in [0.29, 0.717) is 42.0 Å². The van der Waals surface area contributed by atoms with E-state index in [4.69, 9.17) is 11.6 Å². The smallest absolute Gasteiger partial charge is 0.219 e. The van der Waals surface area contributed by atoms with Gasteiger partial charge in [-0.3, -0.25) is 4.79 Å². The average Bonchev–Trinajstić information content (AvgIpc) is 2.52. The monoisotopic (exact) mass is 407 g/mol. The molecular weight excluding hydrogens is 389 g/mol. The Morgan fingerprint density at radius 1 is 1.43 bits per heavy atom. The first-order valence-electron chi connectivity index (χ1n) is 7.39. The topological polar surface area (TPSA) is 55.8 Å². The van der Waals surface area contributed by atoms with Crippen LogP contribution in [0, 0.1) is 5.82 Å². The van der Waals surface area contributed by atoms with Crippen LogP contribution in [0.15, 0.2) is 16.6 Å². The molecule has 1 aliphatic heterocycles. The second-order valence-electron chi connectivity index (χ2n) is 5.47. The Morgan fingerprint density at radius 3 is 2.61 bits per heavy atom. The summed E-state index contributed by atoms with van der Waals surface area (Å²) in [6, 6.07) is 3.18. The number of alkyl halides is 1. The molecule has 1 aromatic carbocycles. The number of carbonyl (C=O) groups excluding carboxylic acids is 1. The highest BCUT2D eigenvalue weighted by Crippen LogP contribution is 2.33. The van der Waals surface area contributed by atoms with Crippen LogP contribution in [-0.2, 0) is 4.79 Å². The highest BCUT2D eigenvalue weighted by Gasteiger charge is 2.23. The lowest BCUT2D eigenvalue weighted by Gasteiger charge is -2.36. The van der Waals surface area contributed by atoms with E-state index >= 15 is 0 Å². The minimum atomic E-state index is -0.683. The molecule has 23 heavy (non-hydrogen) atoms. The van der Waals surface area contributed by atoms with Crippen LogP contribution < -0.4 is 10.2 Å². The normalized spacial score (nSPS) is 16.4. The predicted octanol–water partition coefficient (Wildman–Crippen LogP) is 2.27. The summed E-state index contributed by atoms with van der Waals surface area (Å²) in [7, 11) is 0. The molecule has 0 saturated carbocycles. The average molecular weight is 409 g/mol. The van der Waals surface area contributed by atoms with Crippen molar-refractivity contribution in [3.05, 3.63) is 22.4 Å². The molecule has 2 N–H and O–H groups in total. The van der Waals surface area contributed by atoms with E-state index in [2.05, 4.69) is 21.2 Å². The largest absolute Gasteiger partial charge is 0.390 e. The summed E-state index contributed by atoms with van der Waals surface area (Å²) in [6.45, 7) is 4.15. The summed E-state index contributed by atoms with van der Waals surface area (Å²) < 4.78 is 15.1. The third-order valence-corrected chi connectivity index (χ3v) is 4.74. The lowest BCUT2D eigenvalue weighted by atomic mass is 10.2. The van der Waals surface area contributed by atoms with Crippen molar-refractivity contribution >= 4 is 44.8 Å². The maximum absolute atomic E-state index is 14.5. The van der Waals surface area contributed by atoms with Crippen molar-refractivity contribution < 1.29 is 14.3 Å². The van der Waals surface area contributed by atoms with Crippen molar-refractivity contribution in [2.24, 2.45) is 0 Å². The number of aliphatic hydroxyl groups is 1. The number of benzene rings is 1. The highest BCUT2D eigenvalue weighted by molar-refractivity contribution is 9.10. The summed E-state index contributed by atoms with van der Waals surface area (Å²) in [4.78, 5) is 15.0. The maximum atomic E-state index is 14.5. The molecule has 128 valence electrons. The number of hydrogen-bond donors (Lipinski definition) is 2. The molecule has 1 aromatic rings. The van der Waals surface area contributed by atoms with Crippen LogP contribution in [0.4, 0.5) is 15.8 Å². The van der Waals surface area contributed by atoms with Crippen LogP contribution in [0.3, 0.4) is 0 Å². The number of piperazine rings is 1. The minimum Gasteiger partial charge on any atom is -0.390 e. The van der Waals surface area contributed by atoms with E-state index in [1.54, 1.807) is 17.9 Å². The Hall–Kier alpha value is -1.05. The molecule has 1 unspecified atom stereocenters. The van der Waals surface area contributed by atoms with E-state index in [1.807, 2.05) is 4.90 Å². The molecule has 5 nitrogen and oxygen atoms in total. The van der Waals surface area contributed by atoms with Gasteiger partial charge in [0.2, 0.25) is 5.91 Å². The van der Waals surface area contributed by atoms with Gasteiger partial charge in [-0.1, -0.05) is 0 Å². The van der Waals surface area contributed by atoms with Gasteiger partial charge in [0.05, 0.1) is 17.7 Å². The third kappa shape index (κ3) is 4.71. The van der Waals surface area contributed by atoms with Crippen molar-refractivity contribution in [3.63, 3.8) is 0 Å². The zero-order valence-corrected chi connectivity index (χ0v) is 15.2. The Morgan fingerprint density at radius 2 is 2.09 bits per heavy atom. The second kappa shape index (κ2) is 8.17. The van der Waals surface area contributed by atoms with Gasteiger partial charge in [0.15, 0.2) is 0 Å². The lowest BCUT2D eigenvalue weighted by Crippen LogP contribution is -2.48. The minimum absolute atomic E-state index is 0.0431. The van der Waals surface area contributed by atoms with Crippen molar-refractivity contribution in [3.8, 4) is 0 Å². The van der Waals surface area contributed by atoms with Crippen molar-refractivity contribution in [2.45, 2.75) is 13.0 Å². The fraction of sp³-hybridized carbons (Fsp3) is 0.533. The SMILES string of the molecule is CC(=O)N1CCN(c2c(F)cc(NCC(O)CCl)cc2Br)CC1. The molecule has 1 aliphatic rings. The predicted molar refractivity (Wildman–Crippen MR) is 93.8 cm³/mol. The van der Waals surface area contributed by atoms with E-state index in [1.165, 1.54) is 6.07 Å². The first kappa shape index (κ1) is 18.3. The van der Waals surface area contributed by atoms with E-state index in [0.717, 1.165) is 0 Å². The number of aliphatic hydroxyl groups excluding tert-OH is 1. The molecule has 1 atom stereocenters. The quantitative estimate of drug-likeness (QED) is 0.734. The zero-order valence-electron chi connectivity index (χ0n) is 12.9. The Bertz CT molecular complexity index is 545. The van der Waals surface area contributed by atoms with Gasteiger partial charge in [-0.15, -0.1) is 11.6 Å². The third-order valence-electron chi connectivity index (χ3n) is 3.78. The number of halogens is 3. The number of rotatable bonds is 5. The molecule has 0 aromatic heterocycles. The van der Waals surface area contributed by atoms with Gasteiger partial charge in [-0.25, -0.2) is 4.39 Å². The Labute approximate surface area is 148 Å². The standard InChI is InChI=1S/C15H20BrClFN3O2/c1-10(22)20-2-4-21(5-3-20)15-13(16)6-11(7-14(15)18)19-9-12(23)8-17/h6-7,12,19,23H,2-5,8-9H2,1H3. The molecule has 1 fully saturated rings. The molecule has 1 heterocycles. The number of nitrogens with one attached hydrogen (secondary N) is 1. The van der Waals surface area contributed by atoms with Crippen LogP contribution in [0.5, 0.6) is 0 Å². The highest BCUT2D eigenvalue weighted by atomic mass is 79.9. The summed E-state index contributed by atoms with van der Waals surface area (Å²) >= 11 is 8.94.